The van der Waals surface area contributed by atoms with E-state index in [1.165, 1.54) is 26.6 Å². The Labute approximate surface area is 207 Å². The van der Waals surface area contributed by atoms with E-state index in [9.17, 15) is 9.18 Å². The second-order valence-electron chi connectivity index (χ2n) is 7.99. The van der Waals surface area contributed by atoms with Crippen LogP contribution in [0.25, 0.3) is 5.70 Å². The van der Waals surface area contributed by atoms with Gasteiger partial charge >= 0.3 is 5.97 Å². The van der Waals surface area contributed by atoms with Crippen molar-refractivity contribution in [3.63, 3.8) is 0 Å². The van der Waals surface area contributed by atoms with Gasteiger partial charge in [-0.1, -0.05) is 54.6 Å². The van der Waals surface area contributed by atoms with Crippen LogP contribution in [0.15, 0.2) is 84.7 Å². The summed E-state index contributed by atoms with van der Waals surface area (Å²) in [6, 6.07) is 20.5. The summed E-state index contributed by atoms with van der Waals surface area (Å²) in [6.07, 6.45) is 1.42. The highest BCUT2D eigenvalue weighted by Crippen LogP contribution is 2.41. The third-order valence-electron chi connectivity index (χ3n) is 5.91. The third-order valence-corrected chi connectivity index (χ3v) is 5.91. The quantitative estimate of drug-likeness (QED) is 0.382. The minimum atomic E-state index is -0.652. The Kier molecular flexibility index (Phi) is 6.36. The lowest BCUT2D eigenvalue weighted by atomic mass is 9.92. The van der Waals surface area contributed by atoms with Crippen molar-refractivity contribution in [2.24, 2.45) is 0 Å². The number of carbonyl (C=O) groups excluding carboxylic acids is 1. The summed E-state index contributed by atoms with van der Waals surface area (Å²) in [6.45, 7) is 0.0361. The molecule has 0 saturated heterocycles. The minimum Gasteiger partial charge on any atom is -0.493 e. The minimum absolute atomic E-state index is 0.0361. The zero-order chi connectivity index (χ0) is 25.1. The molecule has 1 atom stereocenters. The van der Waals surface area contributed by atoms with Crippen LogP contribution in [0.5, 0.6) is 11.5 Å². The van der Waals surface area contributed by atoms with Crippen LogP contribution in [0.2, 0.25) is 0 Å². The predicted molar refractivity (Wildman–Crippen MR) is 131 cm³/mol. The summed E-state index contributed by atoms with van der Waals surface area (Å²) in [5, 5.41) is 7.58. The Bertz CT molecular complexity index is 1430. The first-order valence-corrected chi connectivity index (χ1v) is 11.2. The van der Waals surface area contributed by atoms with E-state index in [-0.39, 0.29) is 12.4 Å². The van der Waals surface area contributed by atoms with E-state index in [4.69, 9.17) is 14.2 Å². The van der Waals surface area contributed by atoms with Gasteiger partial charge in [0.05, 0.1) is 25.5 Å². The van der Waals surface area contributed by atoms with Crippen molar-refractivity contribution in [1.29, 1.82) is 0 Å². The number of halogens is 1. The zero-order valence-electron chi connectivity index (χ0n) is 19.6. The number of anilines is 1. The van der Waals surface area contributed by atoms with Gasteiger partial charge in [0.1, 0.15) is 24.8 Å². The molecule has 0 unspecified atom stereocenters. The van der Waals surface area contributed by atoms with Gasteiger partial charge in [-0.25, -0.2) is 13.9 Å². The third kappa shape index (κ3) is 4.26. The molecule has 3 aromatic carbocycles. The monoisotopic (exact) mass is 486 g/mol. The number of esters is 1. The second-order valence-corrected chi connectivity index (χ2v) is 7.99. The van der Waals surface area contributed by atoms with Crippen LogP contribution in [-0.4, -0.2) is 35.0 Å². The van der Waals surface area contributed by atoms with Crippen LogP contribution in [0.3, 0.4) is 0 Å². The molecule has 0 bridgehead atoms. The molecule has 0 aliphatic carbocycles. The van der Waals surface area contributed by atoms with Crippen molar-refractivity contribution in [3.8, 4) is 11.5 Å². The van der Waals surface area contributed by atoms with Gasteiger partial charge in [-0.3, -0.25) is 0 Å². The lowest BCUT2D eigenvalue weighted by molar-refractivity contribution is -0.136. The molecule has 5 rings (SSSR count). The van der Waals surface area contributed by atoms with Gasteiger partial charge in [-0.2, -0.15) is 10.1 Å². The molecule has 0 amide bonds. The Hall–Kier alpha value is -4.66. The molecule has 1 aliphatic heterocycles. The fourth-order valence-electron chi connectivity index (χ4n) is 4.18. The number of ether oxygens (including phenoxy) is 3. The number of benzene rings is 3. The van der Waals surface area contributed by atoms with Gasteiger partial charge in [0, 0.05) is 5.56 Å². The van der Waals surface area contributed by atoms with Gasteiger partial charge in [0.15, 0.2) is 11.5 Å². The highest BCUT2D eigenvalue weighted by atomic mass is 19.1. The summed E-state index contributed by atoms with van der Waals surface area (Å²) in [5.74, 6) is 0.484. The SMILES string of the molecule is COC(=O)C1=C(c2ccccc2)Nc2ncnn2[C@@H]1c1ccc(OCc2ccccc2F)c(OC)c1. The van der Waals surface area contributed by atoms with Crippen molar-refractivity contribution in [2.75, 3.05) is 19.5 Å². The lowest BCUT2D eigenvalue weighted by Gasteiger charge is -2.29. The van der Waals surface area contributed by atoms with Gasteiger partial charge in [0.25, 0.3) is 0 Å². The topological polar surface area (TPSA) is 87.5 Å². The van der Waals surface area contributed by atoms with E-state index >= 15 is 0 Å². The van der Waals surface area contributed by atoms with E-state index in [1.807, 2.05) is 36.4 Å². The fraction of sp³-hybridized carbons (Fsp3) is 0.148. The van der Waals surface area contributed by atoms with Crippen molar-refractivity contribution in [3.05, 3.63) is 107 Å². The predicted octanol–water partition coefficient (Wildman–Crippen LogP) is 4.60. The van der Waals surface area contributed by atoms with E-state index in [2.05, 4.69) is 15.4 Å². The molecule has 1 aromatic heterocycles. The molecule has 8 nitrogen and oxygen atoms in total. The first-order chi connectivity index (χ1) is 17.6. The van der Waals surface area contributed by atoms with Crippen molar-refractivity contribution < 1.29 is 23.4 Å². The number of methoxy groups -OCH3 is 2. The molecule has 2 heterocycles. The summed E-state index contributed by atoms with van der Waals surface area (Å²) in [5.41, 5.74) is 2.87. The molecule has 9 heteroatoms. The first-order valence-electron chi connectivity index (χ1n) is 11.2. The number of hydrogen-bond acceptors (Lipinski definition) is 7. The number of nitrogens with zero attached hydrogens (tertiary/aromatic N) is 3. The normalized spacial score (nSPS) is 14.6. The number of aromatic nitrogens is 3. The molecule has 182 valence electrons. The van der Waals surface area contributed by atoms with E-state index in [1.54, 1.807) is 35.0 Å². The lowest BCUT2D eigenvalue weighted by Crippen LogP contribution is -2.29. The maximum atomic E-state index is 14.0. The summed E-state index contributed by atoms with van der Waals surface area (Å²) in [4.78, 5) is 17.4. The van der Waals surface area contributed by atoms with E-state index in [0.717, 1.165) is 5.56 Å². The first kappa shape index (κ1) is 23.1. The van der Waals surface area contributed by atoms with Crippen molar-refractivity contribution in [1.82, 2.24) is 14.8 Å². The molecule has 36 heavy (non-hydrogen) atoms. The summed E-state index contributed by atoms with van der Waals surface area (Å²) in [7, 11) is 2.86. The number of carbonyl (C=O) groups is 1. The zero-order valence-corrected chi connectivity index (χ0v) is 19.6. The Morgan fingerprint density at radius 2 is 1.81 bits per heavy atom. The molecule has 1 aliphatic rings. The summed E-state index contributed by atoms with van der Waals surface area (Å²) >= 11 is 0. The van der Waals surface area contributed by atoms with Gasteiger partial charge in [-0.05, 0) is 29.3 Å². The average molecular weight is 487 g/mol. The number of nitrogens with one attached hydrogen (secondary N) is 1. The van der Waals surface area contributed by atoms with Gasteiger partial charge < -0.3 is 19.5 Å². The van der Waals surface area contributed by atoms with Gasteiger partial charge in [-0.15, -0.1) is 0 Å². The fourth-order valence-corrected chi connectivity index (χ4v) is 4.18. The standard InChI is InChI=1S/C27H23FN4O4/c1-34-22-14-18(12-13-21(22)36-15-19-10-6-7-11-20(19)28)25-23(26(33)35-2)24(17-8-4-3-5-9-17)31-27-29-16-30-32(25)27/h3-14,16,25H,15H2,1-2H3,(H,29,30,31)/t25-/m1/s1. The van der Waals surface area contributed by atoms with Crippen LogP contribution >= 0.6 is 0 Å². The van der Waals surface area contributed by atoms with Crippen LogP contribution in [0, 0.1) is 5.82 Å². The average Bonchev–Trinajstić information content (AvgIpc) is 3.40. The number of hydrogen-bond donors (Lipinski definition) is 1. The molecule has 0 saturated carbocycles. The smallest absolute Gasteiger partial charge is 0.338 e. The summed E-state index contributed by atoms with van der Waals surface area (Å²) < 4.78 is 32.3. The van der Waals surface area contributed by atoms with Crippen LogP contribution < -0.4 is 14.8 Å². The van der Waals surface area contributed by atoms with Crippen LogP contribution in [0.1, 0.15) is 22.7 Å². The highest BCUT2D eigenvalue weighted by Gasteiger charge is 2.36. The van der Waals surface area contributed by atoms with Crippen LogP contribution in [0.4, 0.5) is 10.3 Å². The highest BCUT2D eigenvalue weighted by molar-refractivity contribution is 6.02. The Morgan fingerprint density at radius 3 is 2.56 bits per heavy atom. The molecule has 4 aromatic rings. The van der Waals surface area contributed by atoms with E-state index < -0.39 is 12.0 Å². The maximum Gasteiger partial charge on any atom is 0.338 e. The largest absolute Gasteiger partial charge is 0.493 e. The maximum absolute atomic E-state index is 14.0. The second kappa shape index (κ2) is 9.91. The number of rotatable bonds is 7. The molecule has 0 radical (unpaired) electrons. The van der Waals surface area contributed by atoms with Crippen molar-refractivity contribution >= 4 is 17.6 Å². The van der Waals surface area contributed by atoms with Gasteiger partial charge in [0.2, 0.25) is 5.95 Å². The van der Waals surface area contributed by atoms with Crippen molar-refractivity contribution in [2.45, 2.75) is 12.6 Å². The Morgan fingerprint density at radius 1 is 1.03 bits per heavy atom. The molecule has 0 spiro atoms. The number of fused-ring (bicyclic) bond motifs is 1. The molecule has 1 N–H and O–H groups in total. The molecular formula is C27H23FN4O4. The van der Waals surface area contributed by atoms with E-state index in [0.29, 0.717) is 39.8 Å². The molecular weight excluding hydrogens is 463 g/mol. The Balaban J connectivity index is 1.58. The van der Waals surface area contributed by atoms with Crippen LogP contribution in [-0.2, 0) is 16.1 Å². The molecule has 0 fully saturated rings.